The average molecular weight is 348 g/mol. The lowest BCUT2D eigenvalue weighted by Crippen LogP contribution is -2.36. The van der Waals surface area contributed by atoms with Crippen LogP contribution in [0, 0.1) is 17.2 Å². The topological polar surface area (TPSA) is 9.23 Å². The molecule has 3 rings (SSSR count). The van der Waals surface area contributed by atoms with Gasteiger partial charge in [0.15, 0.2) is 0 Å². The van der Waals surface area contributed by atoms with Gasteiger partial charge in [0, 0.05) is 17.9 Å². The van der Waals surface area contributed by atoms with Crippen LogP contribution in [0.3, 0.4) is 0 Å². The van der Waals surface area contributed by atoms with Crippen LogP contribution in [0.25, 0.3) is 0 Å². The quantitative estimate of drug-likeness (QED) is 0.726. The molecule has 0 aromatic heterocycles. The Bertz CT molecular complexity index is 477. The number of alkyl halides is 1. The molecule has 2 fully saturated rings. The van der Waals surface area contributed by atoms with Crippen LogP contribution in [-0.2, 0) is 11.2 Å². The fourth-order valence-electron chi connectivity index (χ4n) is 3.18. The number of hydrogen-bond donors (Lipinski definition) is 0. The zero-order valence-corrected chi connectivity index (χ0v) is 13.0. The maximum absolute atomic E-state index is 13.3. The summed E-state index contributed by atoms with van der Waals surface area (Å²) in [6.07, 6.45) is 4.68. The third-order valence-corrected chi connectivity index (χ3v) is 5.50. The van der Waals surface area contributed by atoms with E-state index in [1.54, 1.807) is 0 Å². The highest BCUT2D eigenvalue weighted by atomic mass is 79.9. The maximum Gasteiger partial charge on any atom is 0.137 e. The SMILES string of the molecule is Fc1ccc(CC2(CCl)CCOC2C2CC2)cc1Br. The van der Waals surface area contributed by atoms with Crippen molar-refractivity contribution < 1.29 is 9.13 Å². The Labute approximate surface area is 126 Å². The van der Waals surface area contributed by atoms with E-state index < -0.39 is 0 Å². The average Bonchev–Trinajstić information content (AvgIpc) is 3.16. The van der Waals surface area contributed by atoms with Gasteiger partial charge in [-0.1, -0.05) is 6.07 Å². The first-order valence-corrected chi connectivity index (χ1v) is 8.09. The number of ether oxygens (including phenoxy) is 1. The number of benzene rings is 1. The maximum atomic E-state index is 13.3. The van der Waals surface area contributed by atoms with Gasteiger partial charge in [0.25, 0.3) is 0 Å². The predicted octanol–water partition coefficient (Wildman–Crippen LogP) is 4.55. The smallest absolute Gasteiger partial charge is 0.137 e. The van der Waals surface area contributed by atoms with E-state index >= 15 is 0 Å². The molecule has 19 heavy (non-hydrogen) atoms. The third kappa shape index (κ3) is 2.70. The summed E-state index contributed by atoms with van der Waals surface area (Å²) in [5, 5.41) is 0. The Balaban J connectivity index is 1.83. The monoisotopic (exact) mass is 346 g/mol. The van der Waals surface area contributed by atoms with E-state index in [0.29, 0.717) is 16.3 Å². The van der Waals surface area contributed by atoms with Crippen molar-refractivity contribution in [3.63, 3.8) is 0 Å². The largest absolute Gasteiger partial charge is 0.377 e. The minimum absolute atomic E-state index is 0.0278. The highest BCUT2D eigenvalue weighted by Gasteiger charge is 2.50. The van der Waals surface area contributed by atoms with Gasteiger partial charge in [-0.2, -0.15) is 0 Å². The second kappa shape index (κ2) is 5.34. The molecule has 1 aliphatic heterocycles. The molecule has 0 spiro atoms. The first-order valence-electron chi connectivity index (χ1n) is 6.76. The Hall–Kier alpha value is -0.120. The van der Waals surface area contributed by atoms with Crippen molar-refractivity contribution in [2.24, 2.45) is 11.3 Å². The highest BCUT2D eigenvalue weighted by Crippen LogP contribution is 2.50. The fourth-order valence-corrected chi connectivity index (χ4v) is 3.98. The van der Waals surface area contributed by atoms with E-state index in [4.69, 9.17) is 16.3 Å². The van der Waals surface area contributed by atoms with E-state index in [-0.39, 0.29) is 17.3 Å². The van der Waals surface area contributed by atoms with Gasteiger partial charge in [-0.05, 0) is 65.2 Å². The van der Waals surface area contributed by atoms with Crippen LogP contribution in [0.4, 0.5) is 4.39 Å². The Kier molecular flexibility index (Phi) is 3.89. The molecule has 1 aromatic carbocycles. The van der Waals surface area contributed by atoms with Crippen LogP contribution >= 0.6 is 27.5 Å². The lowest BCUT2D eigenvalue weighted by molar-refractivity contribution is 0.0403. The summed E-state index contributed by atoms with van der Waals surface area (Å²) in [6.45, 7) is 0.802. The lowest BCUT2D eigenvalue weighted by Gasteiger charge is -2.32. The first-order chi connectivity index (χ1) is 9.14. The lowest BCUT2D eigenvalue weighted by atomic mass is 9.76. The minimum atomic E-state index is -0.218. The van der Waals surface area contributed by atoms with Gasteiger partial charge >= 0.3 is 0 Å². The molecule has 2 unspecified atom stereocenters. The van der Waals surface area contributed by atoms with Gasteiger partial charge in [-0.25, -0.2) is 4.39 Å². The summed E-state index contributed by atoms with van der Waals surface area (Å²) in [5.74, 6) is 1.08. The molecule has 104 valence electrons. The molecule has 1 saturated carbocycles. The molecule has 0 bridgehead atoms. The van der Waals surface area contributed by atoms with E-state index in [1.165, 1.54) is 18.9 Å². The van der Waals surface area contributed by atoms with Crippen LogP contribution in [0.5, 0.6) is 0 Å². The molecule has 4 heteroatoms. The number of hydrogen-bond acceptors (Lipinski definition) is 1. The molecule has 0 radical (unpaired) electrons. The fraction of sp³-hybridized carbons (Fsp3) is 0.600. The van der Waals surface area contributed by atoms with E-state index in [1.807, 2.05) is 12.1 Å². The van der Waals surface area contributed by atoms with Gasteiger partial charge in [0.2, 0.25) is 0 Å². The van der Waals surface area contributed by atoms with Gasteiger partial charge in [0.1, 0.15) is 5.82 Å². The first kappa shape index (κ1) is 13.8. The van der Waals surface area contributed by atoms with Crippen molar-refractivity contribution in [3.8, 4) is 0 Å². The highest BCUT2D eigenvalue weighted by molar-refractivity contribution is 9.10. The second-order valence-electron chi connectivity index (χ2n) is 5.80. The summed E-state index contributed by atoms with van der Waals surface area (Å²) in [6, 6.07) is 5.24. The van der Waals surface area contributed by atoms with Crippen LogP contribution in [0.2, 0.25) is 0 Å². The number of halogens is 3. The van der Waals surface area contributed by atoms with Gasteiger partial charge in [0.05, 0.1) is 10.6 Å². The number of rotatable bonds is 4. The summed E-state index contributed by atoms with van der Waals surface area (Å²) in [5.41, 5.74) is 1.16. The zero-order valence-electron chi connectivity index (χ0n) is 10.7. The summed E-state index contributed by atoms with van der Waals surface area (Å²) in [7, 11) is 0. The van der Waals surface area contributed by atoms with Crippen LogP contribution in [-0.4, -0.2) is 18.6 Å². The Morgan fingerprint density at radius 3 is 2.84 bits per heavy atom. The molecule has 2 aliphatic rings. The molecule has 1 heterocycles. The molecular formula is C15H17BrClFO. The van der Waals surface area contributed by atoms with Crippen molar-refractivity contribution in [2.75, 3.05) is 12.5 Å². The Morgan fingerprint density at radius 1 is 1.42 bits per heavy atom. The van der Waals surface area contributed by atoms with E-state index in [0.717, 1.165) is 25.0 Å². The molecule has 0 N–H and O–H groups in total. The van der Waals surface area contributed by atoms with Gasteiger partial charge in [-0.3, -0.25) is 0 Å². The summed E-state index contributed by atoms with van der Waals surface area (Å²) in [4.78, 5) is 0. The van der Waals surface area contributed by atoms with Crippen LogP contribution in [0.15, 0.2) is 22.7 Å². The van der Waals surface area contributed by atoms with Crippen molar-refractivity contribution in [1.82, 2.24) is 0 Å². The van der Waals surface area contributed by atoms with Crippen LogP contribution < -0.4 is 0 Å². The molecular weight excluding hydrogens is 331 g/mol. The van der Waals surface area contributed by atoms with Gasteiger partial charge in [-0.15, -0.1) is 11.6 Å². The van der Waals surface area contributed by atoms with Crippen molar-refractivity contribution in [3.05, 3.63) is 34.1 Å². The molecule has 1 aliphatic carbocycles. The van der Waals surface area contributed by atoms with Crippen molar-refractivity contribution in [2.45, 2.75) is 31.8 Å². The normalized spacial score (nSPS) is 30.8. The predicted molar refractivity (Wildman–Crippen MR) is 78.0 cm³/mol. The Morgan fingerprint density at radius 2 is 2.21 bits per heavy atom. The van der Waals surface area contributed by atoms with Gasteiger partial charge < -0.3 is 4.74 Å². The molecule has 1 aromatic rings. The van der Waals surface area contributed by atoms with E-state index in [2.05, 4.69) is 15.9 Å². The molecule has 2 atom stereocenters. The van der Waals surface area contributed by atoms with Crippen molar-refractivity contribution >= 4 is 27.5 Å². The molecule has 1 saturated heterocycles. The minimum Gasteiger partial charge on any atom is -0.377 e. The van der Waals surface area contributed by atoms with E-state index in [9.17, 15) is 4.39 Å². The standard InChI is InChI=1S/C15H17BrClFO/c16-12-7-10(1-4-13(12)18)8-15(9-17)5-6-19-14(15)11-2-3-11/h1,4,7,11,14H,2-3,5-6,8-9H2. The van der Waals surface area contributed by atoms with Crippen LogP contribution in [0.1, 0.15) is 24.8 Å². The van der Waals surface area contributed by atoms with Crippen molar-refractivity contribution in [1.29, 1.82) is 0 Å². The third-order valence-electron chi connectivity index (χ3n) is 4.36. The zero-order chi connectivity index (χ0) is 13.5. The summed E-state index contributed by atoms with van der Waals surface area (Å²) >= 11 is 9.54. The molecule has 0 amide bonds. The second-order valence-corrected chi connectivity index (χ2v) is 6.92. The molecule has 1 nitrogen and oxygen atoms in total. The summed E-state index contributed by atoms with van der Waals surface area (Å²) < 4.78 is 19.8.